The van der Waals surface area contributed by atoms with Gasteiger partial charge in [0, 0.05) is 0 Å². The van der Waals surface area contributed by atoms with Gasteiger partial charge in [0.15, 0.2) is 0 Å². The Morgan fingerprint density at radius 2 is 1.14 bits per heavy atom. The van der Waals surface area contributed by atoms with E-state index < -0.39 is 5.97 Å². The van der Waals surface area contributed by atoms with E-state index in [9.17, 15) is 9.90 Å². The Balaban J connectivity index is 3.88. The number of aliphatic carboxylic acids is 1. The molecule has 3 heteroatoms. The Hall–Kier alpha value is -0.570. The highest BCUT2D eigenvalue weighted by Gasteiger charge is 2.19. The molecule has 1 N–H and O–H groups in total. The first-order valence-electron chi connectivity index (χ1n) is 9.60. The van der Waals surface area contributed by atoms with Gasteiger partial charge in [-0.1, -0.05) is 78.1 Å². The molecule has 22 heavy (non-hydrogen) atoms. The molecular weight excluding hydrogens is 274 g/mol. The van der Waals surface area contributed by atoms with Crippen LogP contribution in [0.3, 0.4) is 0 Å². The maximum Gasteiger partial charge on any atom is 0.320 e. The first-order valence-corrected chi connectivity index (χ1v) is 9.60. The van der Waals surface area contributed by atoms with Crippen LogP contribution in [0, 0.1) is 0 Å². The van der Waals surface area contributed by atoms with E-state index in [0.717, 1.165) is 25.9 Å². The van der Waals surface area contributed by atoms with Crippen molar-refractivity contribution in [2.24, 2.45) is 0 Å². The zero-order valence-electron chi connectivity index (χ0n) is 15.3. The second-order valence-electron chi connectivity index (χ2n) is 6.59. The molecule has 0 spiro atoms. The highest BCUT2D eigenvalue weighted by molar-refractivity contribution is 5.72. The lowest BCUT2D eigenvalue weighted by Crippen LogP contribution is -2.40. The minimum absolute atomic E-state index is 0.341. The second-order valence-corrected chi connectivity index (χ2v) is 6.59. The molecule has 0 aliphatic rings. The van der Waals surface area contributed by atoms with Gasteiger partial charge >= 0.3 is 5.97 Å². The summed E-state index contributed by atoms with van der Waals surface area (Å²) in [6.45, 7) is 8.17. The summed E-state index contributed by atoms with van der Waals surface area (Å²) in [4.78, 5) is 13.4. The van der Waals surface area contributed by atoms with Crippen molar-refractivity contribution >= 4 is 5.97 Å². The van der Waals surface area contributed by atoms with Gasteiger partial charge in [-0.15, -0.1) is 0 Å². The highest BCUT2D eigenvalue weighted by Crippen LogP contribution is 2.11. The normalized spacial score (nSPS) is 12.7. The molecule has 0 bridgehead atoms. The van der Waals surface area contributed by atoms with Crippen LogP contribution in [-0.4, -0.2) is 35.1 Å². The quantitative estimate of drug-likeness (QED) is 0.383. The zero-order valence-corrected chi connectivity index (χ0v) is 15.3. The van der Waals surface area contributed by atoms with E-state index in [1.807, 2.05) is 6.92 Å². The lowest BCUT2D eigenvalue weighted by atomic mass is 10.1. The second kappa shape index (κ2) is 15.3. The molecule has 0 rings (SSSR count). The lowest BCUT2D eigenvalue weighted by molar-refractivity contribution is -0.142. The van der Waals surface area contributed by atoms with Gasteiger partial charge in [-0.3, -0.25) is 9.69 Å². The van der Waals surface area contributed by atoms with Gasteiger partial charge in [0.25, 0.3) is 0 Å². The SMILES string of the molecule is CCCCCCCCN(CCCCCCCC)C(C)C(=O)O. The summed E-state index contributed by atoms with van der Waals surface area (Å²) in [5, 5.41) is 9.26. The van der Waals surface area contributed by atoms with Crippen molar-refractivity contribution in [3.05, 3.63) is 0 Å². The molecule has 0 aliphatic heterocycles. The van der Waals surface area contributed by atoms with Gasteiger partial charge in [0.2, 0.25) is 0 Å². The smallest absolute Gasteiger partial charge is 0.320 e. The summed E-state index contributed by atoms with van der Waals surface area (Å²) in [6.07, 6.45) is 15.2. The van der Waals surface area contributed by atoms with Crippen LogP contribution in [0.15, 0.2) is 0 Å². The predicted octanol–water partition coefficient (Wildman–Crippen LogP) is 5.48. The van der Waals surface area contributed by atoms with E-state index in [0.29, 0.717) is 0 Å². The molecule has 0 amide bonds. The van der Waals surface area contributed by atoms with Gasteiger partial charge in [-0.2, -0.15) is 0 Å². The summed E-state index contributed by atoms with van der Waals surface area (Å²) >= 11 is 0. The predicted molar refractivity (Wildman–Crippen MR) is 95.4 cm³/mol. The fraction of sp³-hybridized carbons (Fsp3) is 0.947. The average Bonchev–Trinajstić information content (AvgIpc) is 2.51. The molecule has 0 saturated carbocycles. The van der Waals surface area contributed by atoms with E-state index in [-0.39, 0.29) is 6.04 Å². The maximum absolute atomic E-state index is 11.2. The van der Waals surface area contributed by atoms with Gasteiger partial charge in [-0.25, -0.2) is 0 Å². The highest BCUT2D eigenvalue weighted by atomic mass is 16.4. The Labute approximate surface area is 138 Å². The first-order chi connectivity index (χ1) is 10.6. The third kappa shape index (κ3) is 12.0. The monoisotopic (exact) mass is 313 g/mol. The van der Waals surface area contributed by atoms with Crippen molar-refractivity contribution in [1.29, 1.82) is 0 Å². The zero-order chi connectivity index (χ0) is 16.6. The lowest BCUT2D eigenvalue weighted by Gasteiger charge is -2.26. The van der Waals surface area contributed by atoms with E-state index in [4.69, 9.17) is 0 Å². The van der Waals surface area contributed by atoms with Crippen LogP contribution in [0.1, 0.15) is 97.8 Å². The molecule has 132 valence electrons. The minimum atomic E-state index is -0.683. The largest absolute Gasteiger partial charge is 0.480 e. The Morgan fingerprint density at radius 1 is 0.773 bits per heavy atom. The maximum atomic E-state index is 11.2. The number of rotatable bonds is 16. The van der Waals surface area contributed by atoms with Crippen molar-refractivity contribution in [2.45, 2.75) is 104 Å². The number of nitrogens with zero attached hydrogens (tertiary/aromatic N) is 1. The van der Waals surface area contributed by atoms with Gasteiger partial charge in [0.1, 0.15) is 6.04 Å². The molecule has 0 aromatic rings. The number of carboxylic acids is 1. The van der Waals surface area contributed by atoms with Crippen LogP contribution in [-0.2, 0) is 4.79 Å². The molecule has 0 aliphatic carbocycles. The van der Waals surface area contributed by atoms with Crippen molar-refractivity contribution in [2.75, 3.05) is 13.1 Å². The van der Waals surface area contributed by atoms with Crippen molar-refractivity contribution < 1.29 is 9.90 Å². The summed E-state index contributed by atoms with van der Waals surface area (Å²) in [5.74, 6) is -0.683. The van der Waals surface area contributed by atoms with Gasteiger partial charge in [-0.05, 0) is 32.9 Å². The summed E-state index contributed by atoms with van der Waals surface area (Å²) < 4.78 is 0. The fourth-order valence-electron chi connectivity index (χ4n) is 2.85. The molecule has 0 heterocycles. The number of carboxylic acid groups (broad SMARTS) is 1. The molecule has 0 fully saturated rings. The molecule has 1 atom stereocenters. The molecule has 0 saturated heterocycles. The van der Waals surface area contributed by atoms with Gasteiger partial charge in [0.05, 0.1) is 0 Å². The average molecular weight is 314 g/mol. The molecule has 1 unspecified atom stereocenters. The number of hydrogen-bond donors (Lipinski definition) is 1. The van der Waals surface area contributed by atoms with Crippen LogP contribution in [0.4, 0.5) is 0 Å². The van der Waals surface area contributed by atoms with E-state index in [2.05, 4.69) is 18.7 Å². The number of carbonyl (C=O) groups is 1. The van der Waals surface area contributed by atoms with E-state index in [1.54, 1.807) is 0 Å². The molecule has 0 radical (unpaired) electrons. The van der Waals surface area contributed by atoms with Crippen molar-refractivity contribution in [1.82, 2.24) is 4.90 Å². The first kappa shape index (κ1) is 21.4. The van der Waals surface area contributed by atoms with E-state index >= 15 is 0 Å². The topological polar surface area (TPSA) is 40.5 Å². The van der Waals surface area contributed by atoms with Crippen LogP contribution < -0.4 is 0 Å². The minimum Gasteiger partial charge on any atom is -0.480 e. The summed E-state index contributed by atoms with van der Waals surface area (Å²) in [6, 6.07) is -0.341. The molecule has 0 aromatic carbocycles. The molecular formula is C19H39NO2. The number of hydrogen-bond acceptors (Lipinski definition) is 2. The van der Waals surface area contributed by atoms with Gasteiger partial charge < -0.3 is 5.11 Å². The molecule has 3 nitrogen and oxygen atoms in total. The summed E-state index contributed by atoms with van der Waals surface area (Å²) in [7, 11) is 0. The van der Waals surface area contributed by atoms with Crippen LogP contribution >= 0.6 is 0 Å². The van der Waals surface area contributed by atoms with E-state index in [1.165, 1.54) is 64.2 Å². The van der Waals surface area contributed by atoms with Crippen LogP contribution in [0.2, 0.25) is 0 Å². The summed E-state index contributed by atoms with van der Waals surface area (Å²) in [5.41, 5.74) is 0. The number of unbranched alkanes of at least 4 members (excludes halogenated alkanes) is 10. The standard InChI is InChI=1S/C19H39NO2/c1-4-6-8-10-12-14-16-20(18(3)19(21)22)17-15-13-11-9-7-5-2/h18H,4-17H2,1-3H3,(H,21,22). The Morgan fingerprint density at radius 3 is 1.50 bits per heavy atom. The Kier molecular flexibility index (Phi) is 14.9. The van der Waals surface area contributed by atoms with Crippen LogP contribution in [0.5, 0.6) is 0 Å². The van der Waals surface area contributed by atoms with Crippen molar-refractivity contribution in [3.8, 4) is 0 Å². The third-order valence-corrected chi connectivity index (χ3v) is 4.50. The molecule has 0 aromatic heterocycles. The Bertz CT molecular complexity index is 240. The third-order valence-electron chi connectivity index (χ3n) is 4.50. The van der Waals surface area contributed by atoms with Crippen molar-refractivity contribution in [3.63, 3.8) is 0 Å². The fourth-order valence-corrected chi connectivity index (χ4v) is 2.85. The van der Waals surface area contributed by atoms with Crippen LogP contribution in [0.25, 0.3) is 0 Å².